The highest BCUT2D eigenvalue weighted by atomic mass is 16.7. The molecule has 0 aliphatic carbocycles. The van der Waals surface area contributed by atoms with Crippen LogP contribution in [0.3, 0.4) is 0 Å². The van der Waals surface area contributed by atoms with Gasteiger partial charge in [-0.2, -0.15) is 0 Å². The van der Waals surface area contributed by atoms with E-state index in [1.165, 1.54) is 57.8 Å². The normalized spacial score (nSPS) is 26.9. The molecular formula is C49H86O15. The maximum atomic E-state index is 13.0. The topological polar surface area (TPSA) is 231 Å². The maximum Gasteiger partial charge on any atom is 0.306 e. The number of aliphatic hydroxyl groups excluding tert-OH is 7. The molecule has 0 radical (unpaired) electrons. The van der Waals surface area contributed by atoms with E-state index < -0.39 is 92.7 Å². The van der Waals surface area contributed by atoms with E-state index in [0.29, 0.717) is 12.8 Å². The van der Waals surface area contributed by atoms with Crippen LogP contribution in [0.15, 0.2) is 36.5 Å². The molecule has 11 atom stereocenters. The van der Waals surface area contributed by atoms with E-state index in [9.17, 15) is 45.3 Å². The molecule has 0 aromatic heterocycles. The Hall–Kier alpha value is -2.28. The van der Waals surface area contributed by atoms with Crippen LogP contribution in [0.5, 0.6) is 0 Å². The van der Waals surface area contributed by atoms with Crippen molar-refractivity contribution < 1.29 is 73.8 Å². The third-order valence-electron chi connectivity index (χ3n) is 11.6. The Bertz CT molecular complexity index is 1260. The van der Waals surface area contributed by atoms with Gasteiger partial charge in [-0.1, -0.05) is 147 Å². The summed E-state index contributed by atoms with van der Waals surface area (Å²) in [6.45, 7) is 2.45. The van der Waals surface area contributed by atoms with Crippen molar-refractivity contribution in [3.05, 3.63) is 36.5 Å². The standard InChI is InChI=1S/C49H86O15/c1-3-5-7-9-11-13-15-17-18-20-22-24-26-28-30-32-41(52)62-37(34-59-40(51)31-29-27-25-23-21-19-16-14-12-10-8-6-4-2)35-60-48-47(58)45(56)43(54)39(64-48)36-61-49-46(57)44(55)42(53)38(33-50)63-49/h5,7,11,13,17-18,37-39,42-50,53-58H,3-4,6,8-10,12,14-16,19-36H2,1-2H3/b7-5+,13-11+,18-17+/t37-,38-,39-,42+,43+,44?,45?,46?,47?,48-,49-/m1/s1. The number of esters is 2. The minimum atomic E-state index is -1.77. The Labute approximate surface area is 383 Å². The van der Waals surface area contributed by atoms with Crippen molar-refractivity contribution in [2.45, 2.75) is 235 Å². The van der Waals surface area contributed by atoms with Crippen LogP contribution in [0.25, 0.3) is 0 Å². The molecule has 0 amide bonds. The fourth-order valence-electron chi connectivity index (χ4n) is 7.58. The van der Waals surface area contributed by atoms with E-state index >= 15 is 0 Å². The lowest BCUT2D eigenvalue weighted by Crippen LogP contribution is -2.61. The summed E-state index contributed by atoms with van der Waals surface area (Å²) < 4.78 is 33.5. The van der Waals surface area contributed by atoms with E-state index in [1.807, 2.05) is 0 Å². The number of hydrogen-bond acceptors (Lipinski definition) is 15. The van der Waals surface area contributed by atoms with Crippen molar-refractivity contribution in [2.75, 3.05) is 26.4 Å². The molecule has 64 heavy (non-hydrogen) atoms. The monoisotopic (exact) mass is 915 g/mol. The van der Waals surface area contributed by atoms with Gasteiger partial charge in [0.25, 0.3) is 0 Å². The van der Waals surface area contributed by atoms with Gasteiger partial charge in [0.1, 0.15) is 55.4 Å². The second kappa shape index (κ2) is 36.8. The molecule has 4 unspecified atom stereocenters. The molecule has 2 rings (SSSR count). The average molecular weight is 915 g/mol. The van der Waals surface area contributed by atoms with Crippen LogP contribution in [0.2, 0.25) is 0 Å². The first-order chi connectivity index (χ1) is 31.0. The molecule has 0 saturated carbocycles. The number of carbonyl (C=O) groups excluding carboxylic acids is 2. The molecule has 372 valence electrons. The number of ether oxygens (including phenoxy) is 6. The molecule has 2 aliphatic heterocycles. The quantitative estimate of drug-likeness (QED) is 0.0211. The first kappa shape index (κ1) is 57.8. The summed E-state index contributed by atoms with van der Waals surface area (Å²) in [6.07, 6.45) is 20.3. The highest BCUT2D eigenvalue weighted by molar-refractivity contribution is 5.70. The highest BCUT2D eigenvalue weighted by Crippen LogP contribution is 2.26. The van der Waals surface area contributed by atoms with Crippen LogP contribution in [-0.2, 0) is 38.0 Å². The van der Waals surface area contributed by atoms with E-state index in [1.54, 1.807) is 0 Å². The molecule has 15 heteroatoms. The van der Waals surface area contributed by atoms with E-state index in [0.717, 1.165) is 70.6 Å². The van der Waals surface area contributed by atoms with Gasteiger partial charge in [0.2, 0.25) is 0 Å². The van der Waals surface area contributed by atoms with Crippen LogP contribution in [0.1, 0.15) is 168 Å². The van der Waals surface area contributed by atoms with Gasteiger partial charge in [-0.15, -0.1) is 0 Å². The first-order valence-corrected chi connectivity index (χ1v) is 24.6. The fourth-order valence-corrected chi connectivity index (χ4v) is 7.58. The Balaban J connectivity index is 1.84. The second-order valence-electron chi connectivity index (χ2n) is 17.3. The first-order valence-electron chi connectivity index (χ1n) is 24.6. The fraction of sp³-hybridized carbons (Fsp3) is 0.837. The van der Waals surface area contributed by atoms with Gasteiger partial charge in [-0.3, -0.25) is 9.59 Å². The van der Waals surface area contributed by atoms with Gasteiger partial charge < -0.3 is 64.2 Å². The number of allylic oxidation sites excluding steroid dienone is 6. The molecule has 0 bridgehead atoms. The molecule has 7 N–H and O–H groups in total. The molecule has 15 nitrogen and oxygen atoms in total. The molecular weight excluding hydrogens is 829 g/mol. The number of carbonyl (C=O) groups is 2. The zero-order chi connectivity index (χ0) is 46.8. The minimum absolute atomic E-state index is 0.147. The number of hydrogen-bond donors (Lipinski definition) is 7. The predicted molar refractivity (Wildman–Crippen MR) is 243 cm³/mol. The zero-order valence-corrected chi connectivity index (χ0v) is 39.0. The summed E-state index contributed by atoms with van der Waals surface area (Å²) >= 11 is 0. The second-order valence-corrected chi connectivity index (χ2v) is 17.3. The van der Waals surface area contributed by atoms with Crippen molar-refractivity contribution in [3.8, 4) is 0 Å². The van der Waals surface area contributed by atoms with Gasteiger partial charge in [0.15, 0.2) is 18.7 Å². The maximum absolute atomic E-state index is 13.0. The smallest absolute Gasteiger partial charge is 0.306 e. The highest BCUT2D eigenvalue weighted by Gasteiger charge is 2.47. The minimum Gasteiger partial charge on any atom is -0.462 e. The lowest BCUT2D eigenvalue weighted by molar-refractivity contribution is -0.332. The summed E-state index contributed by atoms with van der Waals surface area (Å²) in [5, 5.41) is 72.0. The van der Waals surface area contributed by atoms with Crippen LogP contribution < -0.4 is 0 Å². The molecule has 2 saturated heterocycles. The Morgan fingerprint density at radius 3 is 1.55 bits per heavy atom. The molecule has 2 aliphatic rings. The van der Waals surface area contributed by atoms with Gasteiger partial charge in [0, 0.05) is 12.8 Å². The van der Waals surface area contributed by atoms with Gasteiger partial charge in [-0.05, 0) is 44.9 Å². The Kier molecular flexibility index (Phi) is 33.3. The van der Waals surface area contributed by atoms with Crippen LogP contribution in [0, 0.1) is 0 Å². The van der Waals surface area contributed by atoms with Crippen molar-refractivity contribution in [1.29, 1.82) is 0 Å². The molecule has 2 fully saturated rings. The van der Waals surface area contributed by atoms with Crippen LogP contribution in [0.4, 0.5) is 0 Å². The van der Waals surface area contributed by atoms with Crippen molar-refractivity contribution in [1.82, 2.24) is 0 Å². The zero-order valence-electron chi connectivity index (χ0n) is 39.0. The van der Waals surface area contributed by atoms with Crippen molar-refractivity contribution in [3.63, 3.8) is 0 Å². The Morgan fingerprint density at radius 2 is 0.984 bits per heavy atom. The summed E-state index contributed by atoms with van der Waals surface area (Å²) in [5.74, 6) is -0.943. The lowest BCUT2D eigenvalue weighted by Gasteiger charge is -2.42. The average Bonchev–Trinajstić information content (AvgIpc) is 3.29. The van der Waals surface area contributed by atoms with Crippen molar-refractivity contribution in [2.24, 2.45) is 0 Å². The number of aliphatic hydroxyl groups is 7. The van der Waals surface area contributed by atoms with Gasteiger partial charge in [0.05, 0.1) is 19.8 Å². The summed E-state index contributed by atoms with van der Waals surface area (Å²) in [4.78, 5) is 25.7. The summed E-state index contributed by atoms with van der Waals surface area (Å²) in [7, 11) is 0. The van der Waals surface area contributed by atoms with Gasteiger partial charge >= 0.3 is 11.9 Å². The predicted octanol–water partition coefficient (Wildman–Crippen LogP) is 6.15. The van der Waals surface area contributed by atoms with E-state index in [2.05, 4.69) is 50.3 Å². The number of unbranched alkanes of at least 4 members (excludes halogenated alkanes) is 17. The molecule has 0 spiro atoms. The van der Waals surface area contributed by atoms with Gasteiger partial charge in [-0.25, -0.2) is 0 Å². The lowest BCUT2D eigenvalue weighted by atomic mass is 9.98. The van der Waals surface area contributed by atoms with E-state index in [4.69, 9.17) is 28.4 Å². The molecule has 2 heterocycles. The largest absolute Gasteiger partial charge is 0.462 e. The third-order valence-corrected chi connectivity index (χ3v) is 11.6. The number of rotatable bonds is 37. The van der Waals surface area contributed by atoms with Crippen LogP contribution >= 0.6 is 0 Å². The van der Waals surface area contributed by atoms with Crippen LogP contribution in [-0.4, -0.2) is 142 Å². The van der Waals surface area contributed by atoms with Crippen molar-refractivity contribution >= 4 is 11.9 Å². The Morgan fingerprint density at radius 1 is 0.516 bits per heavy atom. The molecule has 0 aromatic rings. The third kappa shape index (κ3) is 25.0. The summed E-state index contributed by atoms with van der Waals surface area (Å²) in [5.41, 5.74) is 0. The SMILES string of the molecule is CC/C=C/C/C=C/C/C=C/CCCCCCCC(=O)O[C@H](COC(=O)CCCCCCCCCCCCCCC)CO[C@@H]1O[C@H](CO[C@@H]2O[C@H](CO)[C@H](O)C(O)C2O)[C@H](O)C(O)C1O. The summed E-state index contributed by atoms with van der Waals surface area (Å²) in [6, 6.07) is 0. The van der Waals surface area contributed by atoms with E-state index in [-0.39, 0.29) is 26.1 Å². The molecule has 0 aromatic carbocycles.